The first kappa shape index (κ1) is 24.6. The monoisotopic (exact) mass is 516 g/mol. The van der Waals surface area contributed by atoms with Gasteiger partial charge in [-0.15, -0.1) is 0 Å². The first-order chi connectivity index (χ1) is 18.4. The van der Waals surface area contributed by atoms with Crippen molar-refractivity contribution in [2.45, 2.75) is 69.2 Å². The fourth-order valence-corrected chi connectivity index (χ4v) is 6.34. The topological polar surface area (TPSA) is 103 Å². The molecular formula is C29H29FN4O4. The lowest BCUT2D eigenvalue weighted by Gasteiger charge is -2.48. The molecule has 2 saturated heterocycles. The van der Waals surface area contributed by atoms with E-state index in [-0.39, 0.29) is 42.1 Å². The molecule has 0 spiro atoms. The van der Waals surface area contributed by atoms with Crippen molar-refractivity contribution < 1.29 is 23.5 Å². The van der Waals surface area contributed by atoms with Gasteiger partial charge in [-0.3, -0.25) is 24.6 Å². The Bertz CT molecular complexity index is 1350. The van der Waals surface area contributed by atoms with E-state index in [1.807, 2.05) is 18.2 Å². The summed E-state index contributed by atoms with van der Waals surface area (Å²) in [6.07, 6.45) is 4.70. The molecule has 1 unspecified atom stereocenters. The highest BCUT2D eigenvalue weighted by Crippen LogP contribution is 2.37. The van der Waals surface area contributed by atoms with Crippen LogP contribution in [0.3, 0.4) is 0 Å². The lowest BCUT2D eigenvalue weighted by atomic mass is 9.84. The molecule has 2 aromatic rings. The average molecular weight is 517 g/mol. The molecule has 0 aromatic heterocycles. The van der Waals surface area contributed by atoms with E-state index in [0.717, 1.165) is 44.3 Å². The summed E-state index contributed by atoms with van der Waals surface area (Å²) in [5.41, 5.74) is 2.39. The molecule has 9 heteroatoms. The zero-order valence-corrected chi connectivity index (χ0v) is 21.0. The van der Waals surface area contributed by atoms with Gasteiger partial charge in [0.25, 0.3) is 5.91 Å². The second-order valence-corrected chi connectivity index (χ2v) is 10.7. The molecule has 3 fully saturated rings. The summed E-state index contributed by atoms with van der Waals surface area (Å²) in [5, 5.41) is 11.3. The van der Waals surface area contributed by atoms with Crippen molar-refractivity contribution in [2.75, 3.05) is 13.1 Å². The van der Waals surface area contributed by atoms with Gasteiger partial charge in [-0.2, -0.15) is 5.26 Å². The van der Waals surface area contributed by atoms with Crippen molar-refractivity contribution >= 4 is 17.7 Å². The molecule has 6 rings (SSSR count). The van der Waals surface area contributed by atoms with E-state index in [1.165, 1.54) is 6.07 Å². The molecule has 3 heterocycles. The van der Waals surface area contributed by atoms with Crippen LogP contribution in [0.2, 0.25) is 0 Å². The van der Waals surface area contributed by atoms with Crippen LogP contribution >= 0.6 is 0 Å². The van der Waals surface area contributed by atoms with E-state index >= 15 is 0 Å². The van der Waals surface area contributed by atoms with Crippen molar-refractivity contribution in [2.24, 2.45) is 0 Å². The molecule has 3 amide bonds. The molecule has 1 N–H and O–H groups in total. The highest BCUT2D eigenvalue weighted by molar-refractivity contribution is 6.05. The molecule has 4 aliphatic rings. The van der Waals surface area contributed by atoms with Crippen molar-refractivity contribution in [1.82, 2.24) is 15.1 Å². The second-order valence-electron chi connectivity index (χ2n) is 10.7. The fraction of sp³-hybridized carbons (Fsp3) is 0.448. The van der Waals surface area contributed by atoms with Gasteiger partial charge >= 0.3 is 0 Å². The van der Waals surface area contributed by atoms with E-state index in [1.54, 1.807) is 23.1 Å². The first-order valence-corrected chi connectivity index (χ1v) is 13.3. The Morgan fingerprint density at radius 1 is 1.03 bits per heavy atom. The Hall–Kier alpha value is -3.77. The van der Waals surface area contributed by atoms with Crippen molar-refractivity contribution in [3.05, 3.63) is 64.5 Å². The predicted molar refractivity (Wildman–Crippen MR) is 135 cm³/mol. The summed E-state index contributed by atoms with van der Waals surface area (Å²) in [7, 11) is 0. The van der Waals surface area contributed by atoms with Gasteiger partial charge in [-0.1, -0.05) is 12.5 Å². The summed E-state index contributed by atoms with van der Waals surface area (Å²) < 4.78 is 21.0. The first-order valence-electron chi connectivity index (χ1n) is 13.3. The van der Waals surface area contributed by atoms with Gasteiger partial charge in [-0.25, -0.2) is 4.39 Å². The van der Waals surface area contributed by atoms with Crippen LogP contribution in [-0.4, -0.2) is 58.8 Å². The third kappa shape index (κ3) is 4.43. The molecular weight excluding hydrogens is 487 g/mol. The average Bonchev–Trinajstić information content (AvgIpc) is 3.20. The standard InChI is InChI=1S/C29H29FN4O4/c30-23-11-17(13-31)5-7-21(23)19-14-33(15-19)24-3-1-2-4-26(24)38-20-6-8-22-18(12-20)16-34(29(22)37)25-9-10-27(35)32-28(25)36/h5-8,11-12,19,24-26H,1-4,9-10,14-16H2,(H,32,35,36)/t24-,25?,26-/m0/s1. The largest absolute Gasteiger partial charge is 0.489 e. The number of imide groups is 1. The van der Waals surface area contributed by atoms with Gasteiger partial charge in [0, 0.05) is 43.6 Å². The summed E-state index contributed by atoms with van der Waals surface area (Å²) >= 11 is 0. The molecule has 8 nitrogen and oxygen atoms in total. The maximum absolute atomic E-state index is 14.5. The maximum atomic E-state index is 14.5. The zero-order chi connectivity index (χ0) is 26.4. The molecule has 3 aliphatic heterocycles. The minimum absolute atomic E-state index is 0.00287. The molecule has 0 radical (unpaired) electrons. The smallest absolute Gasteiger partial charge is 0.255 e. The van der Waals surface area contributed by atoms with Gasteiger partial charge in [0.2, 0.25) is 11.8 Å². The van der Waals surface area contributed by atoms with Crippen LogP contribution in [0, 0.1) is 17.1 Å². The lowest BCUT2D eigenvalue weighted by Crippen LogP contribution is -2.57. The number of nitrogens with one attached hydrogen (secondary N) is 1. The number of likely N-dealkylation sites (tertiary alicyclic amines) is 1. The highest BCUT2D eigenvalue weighted by atomic mass is 19.1. The van der Waals surface area contributed by atoms with Crippen LogP contribution in [0.15, 0.2) is 36.4 Å². The summed E-state index contributed by atoms with van der Waals surface area (Å²) in [5.74, 6) is -0.424. The quantitative estimate of drug-likeness (QED) is 0.612. The van der Waals surface area contributed by atoms with E-state index in [4.69, 9.17) is 10.00 Å². The van der Waals surface area contributed by atoms with Crippen LogP contribution in [0.25, 0.3) is 0 Å². The summed E-state index contributed by atoms with van der Waals surface area (Å²) in [4.78, 5) is 40.7. The van der Waals surface area contributed by atoms with Crippen LogP contribution in [0.4, 0.5) is 4.39 Å². The molecule has 2 aromatic carbocycles. The number of benzene rings is 2. The van der Waals surface area contributed by atoms with Crippen LogP contribution in [0.1, 0.15) is 71.5 Å². The zero-order valence-electron chi connectivity index (χ0n) is 21.0. The Labute approximate surface area is 220 Å². The Morgan fingerprint density at radius 2 is 1.84 bits per heavy atom. The van der Waals surface area contributed by atoms with Gasteiger partial charge in [0.15, 0.2) is 0 Å². The number of piperidine rings is 1. The third-order valence-electron chi connectivity index (χ3n) is 8.40. The number of ether oxygens (including phenoxy) is 1. The van der Waals surface area contributed by atoms with E-state index < -0.39 is 11.9 Å². The number of rotatable bonds is 5. The van der Waals surface area contributed by atoms with Crippen molar-refractivity contribution in [1.29, 1.82) is 5.26 Å². The van der Waals surface area contributed by atoms with Gasteiger partial charge in [0.05, 0.1) is 11.6 Å². The normalized spacial score (nSPS) is 25.9. The van der Waals surface area contributed by atoms with Crippen LogP contribution in [0.5, 0.6) is 5.75 Å². The molecule has 196 valence electrons. The molecule has 0 bridgehead atoms. The number of hydrogen-bond donors (Lipinski definition) is 1. The van der Waals surface area contributed by atoms with E-state index in [9.17, 15) is 18.8 Å². The third-order valence-corrected chi connectivity index (χ3v) is 8.40. The molecule has 3 atom stereocenters. The van der Waals surface area contributed by atoms with Crippen LogP contribution < -0.4 is 10.1 Å². The van der Waals surface area contributed by atoms with Crippen molar-refractivity contribution in [3.8, 4) is 11.8 Å². The SMILES string of the molecule is N#Cc1ccc(C2CN([C@H]3CCCC[C@@H]3Oc3ccc4c(c3)CN(C3CCC(=O)NC3=O)C4=O)C2)c(F)c1. The van der Waals surface area contributed by atoms with Crippen molar-refractivity contribution in [3.63, 3.8) is 0 Å². The number of nitriles is 1. The number of fused-ring (bicyclic) bond motifs is 1. The predicted octanol–water partition coefficient (Wildman–Crippen LogP) is 3.25. The highest BCUT2D eigenvalue weighted by Gasteiger charge is 2.41. The van der Waals surface area contributed by atoms with Crippen LogP contribution in [-0.2, 0) is 16.1 Å². The second kappa shape index (κ2) is 9.84. The minimum atomic E-state index is -0.639. The Balaban J connectivity index is 1.11. The molecule has 38 heavy (non-hydrogen) atoms. The molecule has 1 aliphatic carbocycles. The fourth-order valence-electron chi connectivity index (χ4n) is 6.34. The van der Waals surface area contributed by atoms with Gasteiger partial charge in [-0.05, 0) is 67.1 Å². The minimum Gasteiger partial charge on any atom is -0.489 e. The van der Waals surface area contributed by atoms with E-state index in [0.29, 0.717) is 35.4 Å². The van der Waals surface area contributed by atoms with Gasteiger partial charge in [0.1, 0.15) is 23.7 Å². The molecule has 1 saturated carbocycles. The number of carbonyl (C=O) groups excluding carboxylic acids is 3. The number of amides is 3. The summed E-state index contributed by atoms with van der Waals surface area (Å²) in [6, 6.07) is 11.8. The lowest BCUT2D eigenvalue weighted by molar-refractivity contribution is -0.136. The van der Waals surface area contributed by atoms with Gasteiger partial charge < -0.3 is 9.64 Å². The van der Waals surface area contributed by atoms with E-state index in [2.05, 4.69) is 10.2 Å². The Kier molecular flexibility index (Phi) is 6.36. The maximum Gasteiger partial charge on any atom is 0.255 e. The Morgan fingerprint density at radius 3 is 2.61 bits per heavy atom. The number of halogens is 1. The number of nitrogens with zero attached hydrogens (tertiary/aromatic N) is 3. The number of hydrogen-bond acceptors (Lipinski definition) is 6. The number of carbonyl (C=O) groups is 3. The summed E-state index contributed by atoms with van der Waals surface area (Å²) in [6.45, 7) is 1.83.